The van der Waals surface area contributed by atoms with E-state index >= 15 is 0 Å². The Morgan fingerprint density at radius 1 is 1.42 bits per heavy atom. The maximum absolute atomic E-state index is 12.6. The van der Waals surface area contributed by atoms with Crippen molar-refractivity contribution in [1.29, 1.82) is 0 Å². The van der Waals surface area contributed by atoms with Gasteiger partial charge < -0.3 is 5.32 Å². The number of hydrogen-bond acceptors (Lipinski definition) is 3. The molecule has 0 heterocycles. The second-order valence-corrected chi connectivity index (χ2v) is 7.37. The van der Waals surface area contributed by atoms with Crippen molar-refractivity contribution >= 4 is 21.6 Å². The van der Waals surface area contributed by atoms with Gasteiger partial charge in [0.1, 0.15) is 0 Å². The second-order valence-electron chi connectivity index (χ2n) is 4.97. The van der Waals surface area contributed by atoms with Crippen LogP contribution in [0.25, 0.3) is 0 Å². The van der Waals surface area contributed by atoms with Gasteiger partial charge in [0.25, 0.3) is 0 Å². The topological polar surface area (TPSA) is 49.4 Å². The molecule has 0 bridgehead atoms. The monoisotopic (exact) mass is 302 g/mol. The van der Waals surface area contributed by atoms with Gasteiger partial charge in [-0.2, -0.15) is 4.31 Å². The average Bonchev–Trinajstić information content (AvgIpc) is 3.16. The molecule has 0 saturated heterocycles. The Bertz CT molecular complexity index is 583. The molecule has 1 aromatic rings. The van der Waals surface area contributed by atoms with Crippen LogP contribution in [0.4, 0.5) is 0 Å². The molecule has 106 valence electrons. The molecule has 0 amide bonds. The zero-order valence-corrected chi connectivity index (χ0v) is 13.0. The van der Waals surface area contributed by atoms with E-state index in [1.807, 2.05) is 20.0 Å². The van der Waals surface area contributed by atoms with Crippen molar-refractivity contribution in [3.05, 3.63) is 28.3 Å². The zero-order valence-electron chi connectivity index (χ0n) is 11.4. The van der Waals surface area contributed by atoms with Crippen LogP contribution < -0.4 is 5.32 Å². The second kappa shape index (κ2) is 5.40. The van der Waals surface area contributed by atoms with Crippen molar-refractivity contribution in [2.24, 2.45) is 0 Å². The summed E-state index contributed by atoms with van der Waals surface area (Å²) in [5.41, 5.74) is 1.68. The van der Waals surface area contributed by atoms with Crippen molar-refractivity contribution in [1.82, 2.24) is 9.62 Å². The molecule has 0 aromatic heterocycles. The van der Waals surface area contributed by atoms with Crippen LogP contribution in [0.2, 0.25) is 5.02 Å². The minimum Gasteiger partial charge on any atom is -0.316 e. The minimum atomic E-state index is -3.45. The highest BCUT2D eigenvalue weighted by Gasteiger charge is 2.36. The Labute approximate surface area is 119 Å². The number of halogens is 1. The Balaban J connectivity index is 2.49. The Morgan fingerprint density at radius 2 is 2.05 bits per heavy atom. The molecule has 0 radical (unpaired) electrons. The molecule has 0 aliphatic heterocycles. The van der Waals surface area contributed by atoms with Crippen LogP contribution >= 0.6 is 11.6 Å². The van der Waals surface area contributed by atoms with Gasteiger partial charge in [0.05, 0.1) is 4.90 Å². The van der Waals surface area contributed by atoms with Crippen molar-refractivity contribution in [3.63, 3.8) is 0 Å². The van der Waals surface area contributed by atoms with Crippen LogP contribution in [0.15, 0.2) is 17.0 Å². The lowest BCUT2D eigenvalue weighted by molar-refractivity contribution is 0.463. The highest BCUT2D eigenvalue weighted by molar-refractivity contribution is 7.89. The Morgan fingerprint density at radius 3 is 2.58 bits per heavy atom. The van der Waals surface area contributed by atoms with E-state index in [2.05, 4.69) is 5.32 Å². The molecule has 1 aliphatic carbocycles. The van der Waals surface area contributed by atoms with E-state index in [1.165, 1.54) is 4.31 Å². The van der Waals surface area contributed by atoms with Gasteiger partial charge in [0, 0.05) is 24.7 Å². The zero-order chi connectivity index (χ0) is 14.2. The number of hydrogen-bond donors (Lipinski definition) is 1. The first kappa shape index (κ1) is 14.8. The number of rotatable bonds is 5. The van der Waals surface area contributed by atoms with Gasteiger partial charge in [-0.25, -0.2) is 8.42 Å². The minimum absolute atomic E-state index is 0.149. The third-order valence-corrected chi connectivity index (χ3v) is 5.77. The molecule has 1 aromatic carbocycles. The quantitative estimate of drug-likeness (QED) is 0.907. The molecule has 19 heavy (non-hydrogen) atoms. The summed E-state index contributed by atoms with van der Waals surface area (Å²) in [4.78, 5) is 0.319. The van der Waals surface area contributed by atoms with Crippen molar-refractivity contribution in [2.45, 2.75) is 37.2 Å². The fourth-order valence-corrected chi connectivity index (χ4v) is 4.15. The van der Waals surface area contributed by atoms with Crippen molar-refractivity contribution < 1.29 is 8.42 Å². The van der Waals surface area contributed by atoms with E-state index in [9.17, 15) is 8.42 Å². The van der Waals surface area contributed by atoms with Gasteiger partial charge in [-0.05, 0) is 50.1 Å². The normalized spacial score (nSPS) is 16.1. The summed E-state index contributed by atoms with van der Waals surface area (Å²) in [6.07, 6.45) is 1.89. The number of nitrogens with one attached hydrogen (secondary N) is 1. The van der Waals surface area contributed by atoms with Gasteiger partial charge in [0.15, 0.2) is 0 Å². The van der Waals surface area contributed by atoms with Gasteiger partial charge in [-0.1, -0.05) is 11.6 Å². The first-order chi connectivity index (χ1) is 8.87. The predicted octanol–water partition coefficient (Wildman–Crippen LogP) is 2.15. The lowest BCUT2D eigenvalue weighted by Crippen LogP contribution is -2.29. The molecule has 0 spiro atoms. The van der Waals surface area contributed by atoms with E-state index in [0.29, 0.717) is 16.5 Å². The fourth-order valence-electron chi connectivity index (χ4n) is 2.14. The third kappa shape index (κ3) is 2.94. The summed E-state index contributed by atoms with van der Waals surface area (Å²) >= 11 is 6.05. The standard InChI is InChI=1S/C13H19ClN2O2S/c1-9-10(8-15-2)6-11(14)7-13(9)19(17,18)16(3)12-4-5-12/h6-7,12,15H,4-5,8H2,1-3H3. The Hall–Kier alpha value is -0.620. The molecular weight excluding hydrogens is 284 g/mol. The van der Waals surface area contributed by atoms with E-state index in [0.717, 1.165) is 24.0 Å². The number of nitrogens with zero attached hydrogens (tertiary/aromatic N) is 1. The van der Waals surface area contributed by atoms with Crippen molar-refractivity contribution in [2.75, 3.05) is 14.1 Å². The van der Waals surface area contributed by atoms with Crippen LogP contribution in [-0.4, -0.2) is 32.9 Å². The molecule has 2 rings (SSSR count). The number of benzene rings is 1. The lowest BCUT2D eigenvalue weighted by atomic mass is 10.1. The van der Waals surface area contributed by atoms with Crippen LogP contribution in [0, 0.1) is 6.92 Å². The molecule has 1 N–H and O–H groups in total. The largest absolute Gasteiger partial charge is 0.316 e. The summed E-state index contributed by atoms with van der Waals surface area (Å²) in [6.45, 7) is 2.43. The Kier molecular flexibility index (Phi) is 4.20. The highest BCUT2D eigenvalue weighted by atomic mass is 35.5. The van der Waals surface area contributed by atoms with Gasteiger partial charge in [-0.3, -0.25) is 0 Å². The SMILES string of the molecule is CNCc1cc(Cl)cc(S(=O)(=O)N(C)C2CC2)c1C. The first-order valence-corrected chi connectivity index (χ1v) is 8.11. The number of sulfonamides is 1. The van der Waals surface area contributed by atoms with E-state index < -0.39 is 10.0 Å². The highest BCUT2D eigenvalue weighted by Crippen LogP contribution is 2.33. The molecular formula is C13H19ClN2O2S. The van der Waals surface area contributed by atoms with Crippen LogP contribution in [-0.2, 0) is 16.6 Å². The first-order valence-electron chi connectivity index (χ1n) is 6.29. The van der Waals surface area contributed by atoms with Gasteiger partial charge in [0.2, 0.25) is 10.0 Å². The van der Waals surface area contributed by atoms with E-state index in [4.69, 9.17) is 11.6 Å². The molecule has 0 atom stereocenters. The van der Waals surface area contributed by atoms with Gasteiger partial charge >= 0.3 is 0 Å². The van der Waals surface area contributed by atoms with Gasteiger partial charge in [-0.15, -0.1) is 0 Å². The molecule has 1 saturated carbocycles. The fraction of sp³-hybridized carbons (Fsp3) is 0.538. The van der Waals surface area contributed by atoms with Crippen LogP contribution in [0.5, 0.6) is 0 Å². The van der Waals surface area contributed by atoms with E-state index in [-0.39, 0.29) is 6.04 Å². The van der Waals surface area contributed by atoms with E-state index in [1.54, 1.807) is 13.1 Å². The smallest absolute Gasteiger partial charge is 0.243 e. The molecule has 1 aliphatic rings. The average molecular weight is 303 g/mol. The summed E-state index contributed by atoms with van der Waals surface area (Å²) < 4.78 is 26.6. The third-order valence-electron chi connectivity index (χ3n) is 3.52. The lowest BCUT2D eigenvalue weighted by Gasteiger charge is -2.19. The molecule has 1 fully saturated rings. The maximum atomic E-state index is 12.6. The molecule has 4 nitrogen and oxygen atoms in total. The van der Waals surface area contributed by atoms with Crippen LogP contribution in [0.1, 0.15) is 24.0 Å². The predicted molar refractivity (Wildman–Crippen MR) is 76.9 cm³/mol. The summed E-state index contributed by atoms with van der Waals surface area (Å²) in [6, 6.07) is 3.50. The summed E-state index contributed by atoms with van der Waals surface area (Å²) in [5.74, 6) is 0. The summed E-state index contributed by atoms with van der Waals surface area (Å²) in [5, 5.41) is 3.49. The molecule has 6 heteroatoms. The van der Waals surface area contributed by atoms with Crippen molar-refractivity contribution in [3.8, 4) is 0 Å². The maximum Gasteiger partial charge on any atom is 0.243 e. The molecule has 0 unspecified atom stereocenters. The van der Waals surface area contributed by atoms with Crippen LogP contribution in [0.3, 0.4) is 0 Å². The summed E-state index contributed by atoms with van der Waals surface area (Å²) in [7, 11) is 0.0196.